The Labute approximate surface area is 81.8 Å². The number of rotatable bonds is 4. The Morgan fingerprint density at radius 3 is 2.71 bits per heavy atom. The van der Waals surface area contributed by atoms with Crippen LogP contribution in [0, 0.1) is 0 Å². The summed E-state index contributed by atoms with van der Waals surface area (Å²) in [5.41, 5.74) is 6.71. The molecule has 0 aliphatic carbocycles. The van der Waals surface area contributed by atoms with Gasteiger partial charge in [0, 0.05) is 24.3 Å². The van der Waals surface area contributed by atoms with Crippen LogP contribution in [0.5, 0.6) is 5.75 Å². The highest BCUT2D eigenvalue weighted by Crippen LogP contribution is 2.19. The number of phenolic OH excluding ortho intramolecular Hbond substituents is 1. The average molecular weight is 198 g/mol. The van der Waals surface area contributed by atoms with E-state index in [4.69, 9.17) is 15.9 Å². The molecule has 0 saturated heterocycles. The molecule has 0 atom stereocenters. The van der Waals surface area contributed by atoms with Crippen LogP contribution in [-0.2, 0) is 6.54 Å². The molecule has 6 N–H and O–H groups in total. The summed E-state index contributed by atoms with van der Waals surface area (Å²) in [4.78, 5) is 0. The molecule has 0 fully saturated rings. The Hall–Kier alpha value is -1.30. The quantitative estimate of drug-likeness (QED) is 0.252. The van der Waals surface area contributed by atoms with Crippen molar-refractivity contribution < 1.29 is 15.3 Å². The Balaban J connectivity index is 2.53. The number of benzene rings is 1. The molecule has 1 aromatic carbocycles. The van der Waals surface area contributed by atoms with E-state index in [2.05, 4.69) is 5.32 Å². The summed E-state index contributed by atoms with van der Waals surface area (Å²) in [6.07, 6.45) is -1.39. The maximum Gasteiger partial charge on any atom is 0.164 e. The van der Waals surface area contributed by atoms with Crippen LogP contribution in [0.25, 0.3) is 0 Å². The van der Waals surface area contributed by atoms with Gasteiger partial charge in [-0.05, 0) is 18.2 Å². The van der Waals surface area contributed by atoms with Crippen LogP contribution in [0.2, 0.25) is 0 Å². The van der Waals surface area contributed by atoms with Crippen molar-refractivity contribution in [3.05, 3.63) is 23.8 Å². The molecule has 0 aliphatic rings. The van der Waals surface area contributed by atoms with Crippen molar-refractivity contribution in [3.63, 3.8) is 0 Å². The van der Waals surface area contributed by atoms with Crippen LogP contribution in [0.4, 0.5) is 5.69 Å². The maximum absolute atomic E-state index is 9.38. The first-order chi connectivity index (χ1) is 6.59. The number of anilines is 1. The fourth-order valence-electron chi connectivity index (χ4n) is 1.08. The van der Waals surface area contributed by atoms with E-state index in [1.807, 2.05) is 0 Å². The lowest BCUT2D eigenvalue weighted by Gasteiger charge is -2.08. The van der Waals surface area contributed by atoms with E-state index in [1.54, 1.807) is 12.1 Å². The molecule has 0 aliphatic heterocycles. The Kier molecular flexibility index (Phi) is 3.70. The van der Waals surface area contributed by atoms with Gasteiger partial charge in [0.1, 0.15) is 5.75 Å². The summed E-state index contributed by atoms with van der Waals surface area (Å²) in [6, 6.07) is 4.73. The van der Waals surface area contributed by atoms with E-state index in [0.717, 1.165) is 0 Å². The lowest BCUT2D eigenvalue weighted by molar-refractivity contribution is -0.0374. The van der Waals surface area contributed by atoms with Gasteiger partial charge in [0.15, 0.2) is 6.29 Å². The van der Waals surface area contributed by atoms with E-state index in [9.17, 15) is 5.11 Å². The molecule has 1 rings (SSSR count). The second kappa shape index (κ2) is 4.80. The van der Waals surface area contributed by atoms with Gasteiger partial charge in [-0.15, -0.1) is 0 Å². The summed E-state index contributed by atoms with van der Waals surface area (Å²) in [5.74, 6) is 0.138. The van der Waals surface area contributed by atoms with Crippen molar-refractivity contribution in [2.45, 2.75) is 12.8 Å². The number of nitrogens with one attached hydrogen (secondary N) is 1. The molecule has 0 radical (unpaired) electrons. The molecule has 0 saturated carbocycles. The van der Waals surface area contributed by atoms with E-state index >= 15 is 0 Å². The zero-order valence-electron chi connectivity index (χ0n) is 7.64. The highest BCUT2D eigenvalue weighted by Gasteiger charge is 2.02. The van der Waals surface area contributed by atoms with Gasteiger partial charge in [-0.2, -0.15) is 0 Å². The predicted molar refractivity (Wildman–Crippen MR) is 52.5 cm³/mol. The zero-order valence-corrected chi connectivity index (χ0v) is 7.64. The van der Waals surface area contributed by atoms with Gasteiger partial charge in [-0.1, -0.05) is 0 Å². The van der Waals surface area contributed by atoms with Gasteiger partial charge in [0.05, 0.1) is 0 Å². The minimum absolute atomic E-state index is 0.0498. The van der Waals surface area contributed by atoms with E-state index < -0.39 is 6.29 Å². The van der Waals surface area contributed by atoms with Crippen LogP contribution < -0.4 is 11.1 Å². The third-order valence-corrected chi connectivity index (χ3v) is 1.75. The summed E-state index contributed by atoms with van der Waals surface area (Å²) in [7, 11) is 0. The molecule has 5 heteroatoms. The molecule has 0 aromatic heterocycles. The third-order valence-electron chi connectivity index (χ3n) is 1.75. The molecule has 1 aromatic rings. The highest BCUT2D eigenvalue weighted by atomic mass is 16.5. The van der Waals surface area contributed by atoms with Crippen molar-refractivity contribution >= 4 is 5.69 Å². The summed E-state index contributed by atoms with van der Waals surface area (Å²) < 4.78 is 0. The molecule has 0 unspecified atom stereocenters. The van der Waals surface area contributed by atoms with Crippen molar-refractivity contribution in [2.24, 2.45) is 0 Å². The lowest BCUT2D eigenvalue weighted by atomic mass is 10.2. The lowest BCUT2D eigenvalue weighted by Crippen LogP contribution is -2.25. The Bertz CT molecular complexity index is 302. The molecule has 0 amide bonds. The van der Waals surface area contributed by atoms with Crippen LogP contribution in [0.15, 0.2) is 18.2 Å². The molecule has 0 heterocycles. The third kappa shape index (κ3) is 3.21. The van der Waals surface area contributed by atoms with Gasteiger partial charge in [0.2, 0.25) is 0 Å². The van der Waals surface area contributed by atoms with Gasteiger partial charge < -0.3 is 26.4 Å². The average Bonchev–Trinajstić information content (AvgIpc) is 2.10. The number of aromatic hydroxyl groups is 1. The second-order valence-electron chi connectivity index (χ2n) is 3.00. The Morgan fingerprint density at radius 1 is 1.36 bits per heavy atom. The number of phenols is 1. The number of aliphatic hydroxyl groups is 2. The van der Waals surface area contributed by atoms with E-state index in [-0.39, 0.29) is 12.3 Å². The number of nitrogens with two attached hydrogens (primary N) is 1. The summed E-state index contributed by atoms with van der Waals surface area (Å²) in [6.45, 7) is 0.392. The monoisotopic (exact) mass is 198 g/mol. The first-order valence-electron chi connectivity index (χ1n) is 4.24. The van der Waals surface area contributed by atoms with E-state index in [0.29, 0.717) is 17.8 Å². The fourth-order valence-corrected chi connectivity index (χ4v) is 1.08. The van der Waals surface area contributed by atoms with Gasteiger partial charge in [-0.25, -0.2) is 0 Å². The standard InChI is InChI=1S/C9H14N2O3/c10-7-1-2-8(12)6(3-7)4-11-5-9(13)14/h1-3,9,11-14H,4-5,10H2. The van der Waals surface area contributed by atoms with Crippen molar-refractivity contribution in [2.75, 3.05) is 12.3 Å². The Morgan fingerprint density at radius 2 is 2.07 bits per heavy atom. The number of aliphatic hydroxyl groups excluding tert-OH is 1. The van der Waals surface area contributed by atoms with Gasteiger partial charge >= 0.3 is 0 Å². The predicted octanol–water partition coefficient (Wildman–Crippen LogP) is -0.625. The SMILES string of the molecule is Nc1ccc(O)c(CNCC(O)O)c1. The first kappa shape index (κ1) is 10.8. The molecule has 5 nitrogen and oxygen atoms in total. The molecular weight excluding hydrogens is 184 g/mol. The second-order valence-corrected chi connectivity index (χ2v) is 3.00. The minimum Gasteiger partial charge on any atom is -0.508 e. The summed E-state index contributed by atoms with van der Waals surface area (Å²) in [5, 5.41) is 29.3. The van der Waals surface area contributed by atoms with Gasteiger partial charge in [-0.3, -0.25) is 0 Å². The normalized spacial score (nSPS) is 10.8. The largest absolute Gasteiger partial charge is 0.508 e. The van der Waals surface area contributed by atoms with E-state index in [1.165, 1.54) is 6.07 Å². The highest BCUT2D eigenvalue weighted by molar-refractivity contribution is 5.47. The minimum atomic E-state index is -1.39. The zero-order chi connectivity index (χ0) is 10.6. The maximum atomic E-state index is 9.38. The molecule has 14 heavy (non-hydrogen) atoms. The molecule has 0 bridgehead atoms. The van der Waals surface area contributed by atoms with Crippen LogP contribution in [0.3, 0.4) is 0 Å². The first-order valence-corrected chi connectivity index (χ1v) is 4.24. The van der Waals surface area contributed by atoms with Gasteiger partial charge in [0.25, 0.3) is 0 Å². The van der Waals surface area contributed by atoms with Crippen LogP contribution in [-0.4, -0.2) is 28.2 Å². The fraction of sp³-hybridized carbons (Fsp3) is 0.333. The smallest absolute Gasteiger partial charge is 0.164 e. The van der Waals surface area contributed by atoms with Crippen LogP contribution >= 0.6 is 0 Å². The van der Waals surface area contributed by atoms with Crippen molar-refractivity contribution in [1.29, 1.82) is 0 Å². The van der Waals surface area contributed by atoms with Crippen LogP contribution in [0.1, 0.15) is 5.56 Å². The number of hydrogen-bond acceptors (Lipinski definition) is 5. The molecule has 78 valence electrons. The number of hydrogen-bond donors (Lipinski definition) is 5. The summed E-state index contributed by atoms with van der Waals surface area (Å²) >= 11 is 0. The van der Waals surface area contributed by atoms with Crippen molar-refractivity contribution in [3.8, 4) is 5.75 Å². The van der Waals surface area contributed by atoms with Crippen molar-refractivity contribution in [1.82, 2.24) is 5.32 Å². The molecule has 0 spiro atoms. The molecular formula is C9H14N2O3. The topological polar surface area (TPSA) is 98.7 Å². The number of nitrogen functional groups attached to an aromatic ring is 1.